The molecule has 1 unspecified atom stereocenters. The fourth-order valence-electron chi connectivity index (χ4n) is 3.06. The lowest BCUT2D eigenvalue weighted by Gasteiger charge is -2.45. The molecular formula is C12H21N5. The van der Waals surface area contributed by atoms with Gasteiger partial charge >= 0.3 is 0 Å². The summed E-state index contributed by atoms with van der Waals surface area (Å²) in [7, 11) is 0. The van der Waals surface area contributed by atoms with Crippen LogP contribution in [0.15, 0.2) is 6.20 Å². The molecule has 0 radical (unpaired) electrons. The summed E-state index contributed by atoms with van der Waals surface area (Å²) in [6.07, 6.45) is 5.63. The number of piperidine rings is 3. The Balaban J connectivity index is 1.68. The second kappa shape index (κ2) is 4.64. The van der Waals surface area contributed by atoms with Crippen molar-refractivity contribution in [3.63, 3.8) is 0 Å². The first-order chi connectivity index (χ1) is 8.36. The molecule has 1 aromatic heterocycles. The van der Waals surface area contributed by atoms with Crippen LogP contribution >= 0.6 is 0 Å². The first-order valence-electron chi connectivity index (χ1n) is 6.74. The number of anilines is 1. The topological polar surface area (TPSA) is 46.0 Å². The first-order valence-corrected chi connectivity index (χ1v) is 6.74. The summed E-state index contributed by atoms with van der Waals surface area (Å²) >= 11 is 0. The van der Waals surface area contributed by atoms with Gasteiger partial charge in [-0.1, -0.05) is 12.1 Å². The van der Waals surface area contributed by atoms with Crippen LogP contribution in [0.5, 0.6) is 0 Å². The van der Waals surface area contributed by atoms with Gasteiger partial charge in [0.1, 0.15) is 5.82 Å². The van der Waals surface area contributed by atoms with Crippen LogP contribution in [-0.2, 0) is 6.54 Å². The van der Waals surface area contributed by atoms with Crippen molar-refractivity contribution in [2.45, 2.75) is 38.8 Å². The first kappa shape index (κ1) is 11.0. The maximum absolute atomic E-state index is 4.12. The van der Waals surface area contributed by atoms with Gasteiger partial charge in [0.15, 0.2) is 0 Å². The lowest BCUT2D eigenvalue weighted by Crippen LogP contribution is -2.53. The average Bonchev–Trinajstić information content (AvgIpc) is 2.79. The predicted octanol–water partition coefficient (Wildman–Crippen LogP) is 1.19. The summed E-state index contributed by atoms with van der Waals surface area (Å²) in [4.78, 5) is 2.56. The van der Waals surface area contributed by atoms with Crippen molar-refractivity contribution in [2.75, 3.05) is 25.0 Å². The van der Waals surface area contributed by atoms with E-state index in [0.717, 1.165) is 24.7 Å². The molecule has 0 aliphatic carbocycles. The Labute approximate surface area is 102 Å². The average molecular weight is 235 g/mol. The van der Waals surface area contributed by atoms with E-state index in [9.17, 15) is 0 Å². The molecule has 4 rings (SSSR count). The summed E-state index contributed by atoms with van der Waals surface area (Å²) in [5.74, 6) is 1.93. The van der Waals surface area contributed by atoms with Crippen LogP contribution in [0.1, 0.15) is 26.2 Å². The lowest BCUT2D eigenvalue weighted by atomic mass is 9.84. The predicted molar refractivity (Wildman–Crippen MR) is 66.9 cm³/mol. The number of hydrogen-bond donors (Lipinski definition) is 1. The molecule has 0 spiro atoms. The van der Waals surface area contributed by atoms with Gasteiger partial charge in [-0.25, -0.2) is 4.68 Å². The molecule has 4 heterocycles. The zero-order valence-corrected chi connectivity index (χ0v) is 10.5. The molecule has 3 aliphatic rings. The fourth-order valence-corrected chi connectivity index (χ4v) is 3.06. The maximum atomic E-state index is 4.12. The van der Waals surface area contributed by atoms with Gasteiger partial charge in [-0.2, -0.15) is 0 Å². The van der Waals surface area contributed by atoms with Crippen LogP contribution in [0.2, 0.25) is 0 Å². The quantitative estimate of drug-likeness (QED) is 0.851. The van der Waals surface area contributed by atoms with Crippen LogP contribution in [0.3, 0.4) is 0 Å². The van der Waals surface area contributed by atoms with Crippen molar-refractivity contribution in [3.05, 3.63) is 6.20 Å². The largest absolute Gasteiger partial charge is 0.365 e. The SMILES string of the molecule is CCCn1nncc1NC1CN2CCC1CC2. The molecule has 17 heavy (non-hydrogen) atoms. The molecule has 5 nitrogen and oxygen atoms in total. The van der Waals surface area contributed by atoms with Gasteiger partial charge in [0, 0.05) is 19.1 Å². The molecule has 2 bridgehead atoms. The van der Waals surface area contributed by atoms with E-state index in [1.807, 2.05) is 10.9 Å². The molecule has 3 aliphatic heterocycles. The van der Waals surface area contributed by atoms with Crippen LogP contribution < -0.4 is 5.32 Å². The minimum atomic E-state index is 0.589. The van der Waals surface area contributed by atoms with E-state index in [2.05, 4.69) is 27.5 Å². The van der Waals surface area contributed by atoms with E-state index in [-0.39, 0.29) is 0 Å². The Hall–Kier alpha value is -1.10. The zero-order chi connectivity index (χ0) is 11.7. The molecule has 94 valence electrons. The number of nitrogens with zero attached hydrogens (tertiary/aromatic N) is 4. The molecule has 5 heteroatoms. The lowest BCUT2D eigenvalue weighted by molar-refractivity contribution is 0.0972. The zero-order valence-electron chi connectivity index (χ0n) is 10.5. The second-order valence-electron chi connectivity index (χ2n) is 5.23. The second-order valence-corrected chi connectivity index (χ2v) is 5.23. The molecule has 0 aromatic carbocycles. The Morgan fingerprint density at radius 3 is 2.88 bits per heavy atom. The highest BCUT2D eigenvalue weighted by Crippen LogP contribution is 2.29. The summed E-state index contributed by atoms with van der Waals surface area (Å²) in [6, 6.07) is 0.589. The molecule has 1 N–H and O–H groups in total. The third-order valence-corrected chi connectivity index (χ3v) is 4.04. The molecule has 1 atom stereocenters. The number of rotatable bonds is 4. The van der Waals surface area contributed by atoms with E-state index in [4.69, 9.17) is 0 Å². The monoisotopic (exact) mass is 235 g/mol. The van der Waals surface area contributed by atoms with Crippen LogP contribution in [0.4, 0.5) is 5.82 Å². The van der Waals surface area contributed by atoms with Gasteiger partial charge in [-0.15, -0.1) is 5.10 Å². The molecule has 0 saturated carbocycles. The van der Waals surface area contributed by atoms with Crippen molar-refractivity contribution in [1.29, 1.82) is 0 Å². The van der Waals surface area contributed by atoms with Gasteiger partial charge in [0.2, 0.25) is 0 Å². The number of nitrogens with one attached hydrogen (secondary N) is 1. The number of hydrogen-bond acceptors (Lipinski definition) is 4. The Kier molecular flexibility index (Phi) is 3.01. The Morgan fingerprint density at radius 2 is 2.24 bits per heavy atom. The molecule has 3 saturated heterocycles. The van der Waals surface area contributed by atoms with E-state index < -0.39 is 0 Å². The fraction of sp³-hybridized carbons (Fsp3) is 0.833. The normalized spacial score (nSPS) is 31.7. The smallest absolute Gasteiger partial charge is 0.145 e. The van der Waals surface area contributed by atoms with E-state index in [1.165, 1.54) is 32.5 Å². The van der Waals surface area contributed by atoms with Crippen LogP contribution in [0.25, 0.3) is 0 Å². The summed E-state index contributed by atoms with van der Waals surface area (Å²) in [6.45, 7) is 6.87. The van der Waals surface area contributed by atoms with Crippen molar-refractivity contribution in [1.82, 2.24) is 19.9 Å². The van der Waals surface area contributed by atoms with Gasteiger partial charge in [-0.05, 0) is 38.3 Å². The maximum Gasteiger partial charge on any atom is 0.145 e. The number of aryl methyl sites for hydroxylation is 1. The summed E-state index contributed by atoms with van der Waals surface area (Å²) in [5.41, 5.74) is 0. The Bertz CT molecular complexity index is 367. The molecular weight excluding hydrogens is 214 g/mol. The van der Waals surface area contributed by atoms with E-state index in [1.54, 1.807) is 0 Å². The van der Waals surface area contributed by atoms with Gasteiger partial charge < -0.3 is 10.2 Å². The van der Waals surface area contributed by atoms with Crippen LogP contribution in [0, 0.1) is 5.92 Å². The summed E-state index contributed by atoms with van der Waals surface area (Å²) < 4.78 is 1.98. The van der Waals surface area contributed by atoms with Gasteiger partial charge in [0.25, 0.3) is 0 Å². The number of aromatic nitrogens is 3. The third kappa shape index (κ3) is 2.16. The highest BCUT2D eigenvalue weighted by molar-refractivity contribution is 5.33. The molecule has 0 amide bonds. The van der Waals surface area contributed by atoms with Crippen LogP contribution in [-0.4, -0.2) is 45.6 Å². The minimum Gasteiger partial charge on any atom is -0.365 e. The van der Waals surface area contributed by atoms with Gasteiger partial charge in [0.05, 0.1) is 6.20 Å². The minimum absolute atomic E-state index is 0.589. The van der Waals surface area contributed by atoms with Crippen molar-refractivity contribution in [3.8, 4) is 0 Å². The van der Waals surface area contributed by atoms with Gasteiger partial charge in [-0.3, -0.25) is 0 Å². The van der Waals surface area contributed by atoms with E-state index in [0.29, 0.717) is 6.04 Å². The molecule has 1 aromatic rings. The van der Waals surface area contributed by atoms with E-state index >= 15 is 0 Å². The Morgan fingerprint density at radius 1 is 1.41 bits per heavy atom. The third-order valence-electron chi connectivity index (χ3n) is 4.04. The highest BCUT2D eigenvalue weighted by atomic mass is 15.5. The van der Waals surface area contributed by atoms with Crippen molar-refractivity contribution in [2.24, 2.45) is 5.92 Å². The number of fused-ring (bicyclic) bond motifs is 3. The summed E-state index contributed by atoms with van der Waals surface area (Å²) in [5, 5.41) is 11.8. The van der Waals surface area contributed by atoms with Crippen molar-refractivity contribution >= 4 is 5.82 Å². The van der Waals surface area contributed by atoms with Crippen molar-refractivity contribution < 1.29 is 0 Å². The molecule has 3 fully saturated rings. The standard InChI is InChI=1S/C12H21N5/c1-2-5-17-12(8-13-15-17)14-11-9-16-6-3-10(11)4-7-16/h8,10-11,14H,2-7,9H2,1H3. The highest BCUT2D eigenvalue weighted by Gasteiger charge is 2.34.